The highest BCUT2D eigenvalue weighted by Gasteiger charge is 2.10. The van der Waals surface area contributed by atoms with E-state index < -0.39 is 0 Å². The number of anilines is 1. The summed E-state index contributed by atoms with van der Waals surface area (Å²) in [5.41, 5.74) is 1.56. The van der Waals surface area contributed by atoms with E-state index in [1.54, 1.807) is 46.7 Å². The van der Waals surface area contributed by atoms with Crippen molar-refractivity contribution in [3.05, 3.63) is 64.5 Å². The number of benzene rings is 1. The normalized spacial score (nSPS) is 11.0. The highest BCUT2D eigenvalue weighted by Crippen LogP contribution is 2.15. The van der Waals surface area contributed by atoms with Gasteiger partial charge in [-0.25, -0.2) is 4.39 Å². The van der Waals surface area contributed by atoms with Crippen LogP contribution in [0.3, 0.4) is 0 Å². The Morgan fingerprint density at radius 2 is 1.92 bits per heavy atom. The van der Waals surface area contributed by atoms with Gasteiger partial charge in [0, 0.05) is 24.6 Å². The fourth-order valence-corrected chi connectivity index (χ4v) is 2.65. The lowest BCUT2D eigenvalue weighted by Crippen LogP contribution is -2.20. The van der Waals surface area contributed by atoms with E-state index >= 15 is 0 Å². The first-order valence-electron chi connectivity index (χ1n) is 7.74. The fourth-order valence-electron chi connectivity index (χ4n) is 2.65. The number of hydrogen-bond acceptors (Lipinski definition) is 2. The van der Waals surface area contributed by atoms with Crippen LogP contribution in [0.15, 0.2) is 47.5 Å². The Hall–Kier alpha value is -2.89. The summed E-state index contributed by atoms with van der Waals surface area (Å²) < 4.78 is 16.9. The Morgan fingerprint density at radius 3 is 2.62 bits per heavy atom. The molecule has 0 atom stereocenters. The Labute approximate surface area is 138 Å². The molecule has 0 saturated heterocycles. The number of hydrogen-bond donors (Lipinski definition) is 1. The number of aromatic nitrogens is 2. The molecule has 6 heteroatoms. The van der Waals surface area contributed by atoms with Gasteiger partial charge in [0.25, 0.3) is 5.56 Å². The molecule has 5 nitrogen and oxygen atoms in total. The third kappa shape index (κ3) is 2.95. The molecule has 124 valence electrons. The van der Waals surface area contributed by atoms with Crippen LogP contribution in [-0.2, 0) is 17.9 Å². The monoisotopic (exact) mass is 327 g/mol. The molecule has 0 fully saturated rings. The summed E-state index contributed by atoms with van der Waals surface area (Å²) in [4.78, 5) is 24.4. The average Bonchev–Trinajstić information content (AvgIpc) is 2.95. The molecule has 0 aliphatic heterocycles. The van der Waals surface area contributed by atoms with E-state index in [4.69, 9.17) is 0 Å². The lowest BCUT2D eigenvalue weighted by molar-refractivity contribution is -0.116. The number of nitrogens with one attached hydrogen (secondary N) is 1. The zero-order chi connectivity index (χ0) is 17.3. The topological polar surface area (TPSA) is 56.0 Å². The van der Waals surface area contributed by atoms with Crippen molar-refractivity contribution < 1.29 is 9.18 Å². The van der Waals surface area contributed by atoms with Gasteiger partial charge < -0.3 is 14.5 Å². The van der Waals surface area contributed by atoms with Crippen molar-refractivity contribution in [1.82, 2.24) is 9.13 Å². The second-order valence-corrected chi connectivity index (χ2v) is 5.66. The first-order chi connectivity index (χ1) is 11.5. The first-order valence-corrected chi connectivity index (χ1v) is 7.74. The summed E-state index contributed by atoms with van der Waals surface area (Å²) in [5, 5.41) is 3.24. The Bertz CT molecular complexity index is 972. The predicted octanol–water partition coefficient (Wildman–Crippen LogP) is 2.91. The fraction of sp³-hybridized carbons (Fsp3) is 0.222. The summed E-state index contributed by atoms with van der Waals surface area (Å²) in [7, 11) is 0. The SMILES string of the molecule is CCn1ccc2c(ccn2CC(=O)Nc2ccc(C)c(F)c2)c1=O. The van der Waals surface area contributed by atoms with Crippen LogP contribution in [0.1, 0.15) is 12.5 Å². The number of carbonyl (C=O) groups excluding carboxylic acids is 1. The molecular formula is C18H18FN3O2. The quantitative estimate of drug-likeness (QED) is 0.801. The van der Waals surface area contributed by atoms with Gasteiger partial charge in [0.15, 0.2) is 0 Å². The summed E-state index contributed by atoms with van der Waals surface area (Å²) >= 11 is 0. The van der Waals surface area contributed by atoms with Crippen LogP contribution in [-0.4, -0.2) is 15.0 Å². The lowest BCUT2D eigenvalue weighted by Gasteiger charge is -2.09. The minimum atomic E-state index is -0.362. The molecule has 0 unspecified atom stereocenters. The molecule has 0 aliphatic carbocycles. The number of rotatable bonds is 4. The zero-order valence-corrected chi connectivity index (χ0v) is 13.5. The third-order valence-corrected chi connectivity index (χ3v) is 4.02. The van der Waals surface area contributed by atoms with Crippen molar-refractivity contribution in [3.8, 4) is 0 Å². The van der Waals surface area contributed by atoms with Gasteiger partial charge in [0.2, 0.25) is 5.91 Å². The van der Waals surface area contributed by atoms with Gasteiger partial charge in [-0.1, -0.05) is 6.07 Å². The van der Waals surface area contributed by atoms with Crippen molar-refractivity contribution in [2.24, 2.45) is 0 Å². The van der Waals surface area contributed by atoms with Gasteiger partial charge in [0.05, 0.1) is 10.9 Å². The summed E-state index contributed by atoms with van der Waals surface area (Å²) in [6.07, 6.45) is 3.43. The molecule has 3 rings (SSSR count). The van der Waals surface area contributed by atoms with E-state index in [-0.39, 0.29) is 23.8 Å². The molecule has 1 aromatic carbocycles. The molecule has 1 N–H and O–H groups in total. The molecule has 0 radical (unpaired) electrons. The summed E-state index contributed by atoms with van der Waals surface area (Å²) in [5.74, 6) is -0.644. The van der Waals surface area contributed by atoms with E-state index in [1.807, 2.05) is 13.0 Å². The molecule has 0 bridgehead atoms. The van der Waals surface area contributed by atoms with Crippen LogP contribution in [0.2, 0.25) is 0 Å². The minimum absolute atomic E-state index is 0.0502. The van der Waals surface area contributed by atoms with Gasteiger partial charge in [-0.15, -0.1) is 0 Å². The van der Waals surface area contributed by atoms with Gasteiger partial charge >= 0.3 is 0 Å². The van der Waals surface area contributed by atoms with E-state index in [2.05, 4.69) is 5.32 Å². The Kier molecular flexibility index (Phi) is 4.20. The van der Waals surface area contributed by atoms with Crippen molar-refractivity contribution >= 4 is 22.5 Å². The molecule has 0 aliphatic rings. The van der Waals surface area contributed by atoms with E-state index in [0.717, 1.165) is 0 Å². The van der Waals surface area contributed by atoms with Crippen LogP contribution < -0.4 is 10.9 Å². The summed E-state index contributed by atoms with van der Waals surface area (Å²) in [6, 6.07) is 8.09. The van der Waals surface area contributed by atoms with Gasteiger partial charge in [-0.05, 0) is 43.7 Å². The highest BCUT2D eigenvalue weighted by molar-refractivity contribution is 5.92. The van der Waals surface area contributed by atoms with Crippen LogP contribution in [0.5, 0.6) is 0 Å². The number of halogens is 1. The number of aryl methyl sites for hydroxylation is 2. The van der Waals surface area contributed by atoms with Crippen LogP contribution in [0.25, 0.3) is 10.9 Å². The average molecular weight is 327 g/mol. The van der Waals surface area contributed by atoms with Crippen molar-refractivity contribution in [2.45, 2.75) is 26.9 Å². The standard InChI is InChI=1S/C18H18FN3O2/c1-3-21-9-7-16-14(18(21)24)6-8-22(16)11-17(23)20-13-5-4-12(2)15(19)10-13/h4-10H,3,11H2,1-2H3,(H,20,23). The molecule has 0 saturated carbocycles. The maximum atomic E-state index is 13.5. The first kappa shape index (κ1) is 16.0. The molecule has 3 aromatic rings. The highest BCUT2D eigenvalue weighted by atomic mass is 19.1. The van der Waals surface area contributed by atoms with Crippen LogP contribution in [0, 0.1) is 12.7 Å². The van der Waals surface area contributed by atoms with E-state index in [9.17, 15) is 14.0 Å². The van der Waals surface area contributed by atoms with Gasteiger partial charge in [-0.3, -0.25) is 9.59 Å². The Morgan fingerprint density at radius 1 is 1.17 bits per heavy atom. The molecule has 2 heterocycles. The predicted molar refractivity (Wildman–Crippen MR) is 91.6 cm³/mol. The van der Waals surface area contributed by atoms with Crippen molar-refractivity contribution in [1.29, 1.82) is 0 Å². The largest absolute Gasteiger partial charge is 0.338 e. The molecular weight excluding hydrogens is 309 g/mol. The molecule has 0 spiro atoms. The molecule has 2 aromatic heterocycles. The summed E-state index contributed by atoms with van der Waals surface area (Å²) in [6.45, 7) is 4.21. The number of nitrogens with zero attached hydrogens (tertiary/aromatic N) is 2. The number of fused-ring (bicyclic) bond motifs is 1. The number of amides is 1. The Balaban J connectivity index is 1.82. The van der Waals surface area contributed by atoms with Crippen molar-refractivity contribution in [2.75, 3.05) is 5.32 Å². The molecule has 1 amide bonds. The maximum Gasteiger partial charge on any atom is 0.259 e. The molecule has 24 heavy (non-hydrogen) atoms. The lowest BCUT2D eigenvalue weighted by atomic mass is 10.2. The maximum absolute atomic E-state index is 13.5. The van der Waals surface area contributed by atoms with Gasteiger partial charge in [0.1, 0.15) is 12.4 Å². The van der Waals surface area contributed by atoms with Crippen LogP contribution in [0.4, 0.5) is 10.1 Å². The smallest absolute Gasteiger partial charge is 0.259 e. The van der Waals surface area contributed by atoms with Crippen LogP contribution >= 0.6 is 0 Å². The zero-order valence-electron chi connectivity index (χ0n) is 13.5. The van der Waals surface area contributed by atoms with E-state index in [1.165, 1.54) is 6.07 Å². The minimum Gasteiger partial charge on any atom is -0.338 e. The second kappa shape index (κ2) is 6.31. The van der Waals surface area contributed by atoms with Gasteiger partial charge in [-0.2, -0.15) is 0 Å². The number of carbonyl (C=O) groups is 1. The number of pyridine rings is 1. The third-order valence-electron chi connectivity index (χ3n) is 4.02. The second-order valence-electron chi connectivity index (χ2n) is 5.66. The van der Waals surface area contributed by atoms with Crippen molar-refractivity contribution in [3.63, 3.8) is 0 Å². The van der Waals surface area contributed by atoms with E-state index in [0.29, 0.717) is 28.7 Å².